The number of hydrogen-bond acceptors (Lipinski definition) is 6. The molecule has 0 heterocycles. The van der Waals surface area contributed by atoms with Crippen molar-refractivity contribution in [3.8, 4) is 0 Å². The molecule has 0 aromatic rings. The topological polar surface area (TPSA) is 78.9 Å². The number of allylic oxidation sites excluding steroid dienone is 8. The van der Waals surface area contributed by atoms with Gasteiger partial charge in [0.25, 0.3) is 0 Å². The van der Waals surface area contributed by atoms with Crippen LogP contribution in [-0.2, 0) is 28.6 Å². The maximum absolute atomic E-state index is 12.9. The van der Waals surface area contributed by atoms with Crippen LogP contribution in [0.3, 0.4) is 0 Å². The zero-order valence-electron chi connectivity index (χ0n) is 51.7. The van der Waals surface area contributed by atoms with Gasteiger partial charge in [-0.15, -0.1) is 0 Å². The van der Waals surface area contributed by atoms with Crippen LogP contribution in [0.15, 0.2) is 48.6 Å². The first-order chi connectivity index (χ1) is 38.0. The van der Waals surface area contributed by atoms with E-state index in [4.69, 9.17) is 14.2 Å². The van der Waals surface area contributed by atoms with Gasteiger partial charge in [-0.25, -0.2) is 0 Å². The highest BCUT2D eigenvalue weighted by Crippen LogP contribution is 2.18. The minimum absolute atomic E-state index is 0.0716. The van der Waals surface area contributed by atoms with E-state index in [-0.39, 0.29) is 31.1 Å². The summed E-state index contributed by atoms with van der Waals surface area (Å²) in [6, 6.07) is 0. The molecule has 0 N–H and O–H groups in total. The molecular weight excluding hydrogens is 949 g/mol. The molecule has 450 valence electrons. The molecule has 0 rings (SSSR count). The highest BCUT2D eigenvalue weighted by Gasteiger charge is 2.19. The number of carbonyl (C=O) groups excluding carboxylic acids is 3. The van der Waals surface area contributed by atoms with Gasteiger partial charge in [0.2, 0.25) is 0 Å². The number of ether oxygens (including phenoxy) is 3. The first-order valence-corrected chi connectivity index (χ1v) is 34.1. The van der Waals surface area contributed by atoms with Crippen molar-refractivity contribution in [3.63, 3.8) is 0 Å². The molecule has 1 atom stereocenters. The first-order valence-electron chi connectivity index (χ1n) is 34.1. The monoisotopic (exact) mass is 1080 g/mol. The van der Waals surface area contributed by atoms with Crippen molar-refractivity contribution in [1.29, 1.82) is 0 Å². The van der Waals surface area contributed by atoms with Crippen molar-refractivity contribution in [1.82, 2.24) is 0 Å². The minimum atomic E-state index is -0.775. The average Bonchev–Trinajstić information content (AvgIpc) is 3.43. The van der Waals surface area contributed by atoms with E-state index in [9.17, 15) is 14.4 Å². The quantitative estimate of drug-likeness (QED) is 0.0261. The van der Waals surface area contributed by atoms with Gasteiger partial charge in [0.05, 0.1) is 0 Å². The van der Waals surface area contributed by atoms with Gasteiger partial charge in [0.15, 0.2) is 6.10 Å². The van der Waals surface area contributed by atoms with E-state index in [1.807, 2.05) is 0 Å². The summed E-state index contributed by atoms with van der Waals surface area (Å²) in [5, 5.41) is 0. The molecule has 0 spiro atoms. The Labute approximate surface area is 479 Å². The standard InChI is InChI=1S/C71H130O6/c1-4-7-10-13-16-19-22-25-28-29-30-31-32-33-34-35-36-37-38-39-40-41-44-46-49-52-55-58-61-64-70(73)76-67-68(77-71(74)65-62-59-56-53-50-47-43-27-24-21-18-15-12-9-6-3)66-75-69(72)63-60-57-54-51-48-45-42-26-23-20-17-14-11-8-5-2/h22,25,27,29-30,32-33,43,68H,4-21,23-24,26,28,31,34-42,44-67H2,1-3H3/b25-22-,30-29-,33-32-,43-27-. The fraction of sp³-hybridized carbons (Fsp3) is 0.845. The number of carbonyl (C=O) groups is 3. The van der Waals surface area contributed by atoms with Crippen LogP contribution in [0.5, 0.6) is 0 Å². The molecule has 0 amide bonds. The Hall–Kier alpha value is -2.63. The predicted octanol–water partition coefficient (Wildman–Crippen LogP) is 23.3. The molecule has 0 radical (unpaired) electrons. The Morgan fingerprint density at radius 2 is 0.468 bits per heavy atom. The molecule has 0 aliphatic rings. The van der Waals surface area contributed by atoms with Crippen molar-refractivity contribution >= 4 is 17.9 Å². The average molecular weight is 1080 g/mol. The summed E-state index contributed by atoms with van der Waals surface area (Å²) < 4.78 is 17.0. The summed E-state index contributed by atoms with van der Waals surface area (Å²) in [6.07, 6.45) is 82.7. The zero-order chi connectivity index (χ0) is 55.7. The number of esters is 3. The molecule has 0 aliphatic heterocycles. The van der Waals surface area contributed by atoms with Gasteiger partial charge in [-0.2, -0.15) is 0 Å². The largest absolute Gasteiger partial charge is 0.462 e. The third kappa shape index (κ3) is 64.1. The molecule has 0 saturated carbocycles. The Kier molecular flexibility index (Phi) is 63.6. The van der Waals surface area contributed by atoms with Gasteiger partial charge in [-0.1, -0.05) is 313 Å². The van der Waals surface area contributed by atoms with Gasteiger partial charge in [0, 0.05) is 19.3 Å². The summed E-state index contributed by atoms with van der Waals surface area (Å²) in [5.41, 5.74) is 0. The minimum Gasteiger partial charge on any atom is -0.462 e. The van der Waals surface area contributed by atoms with E-state index in [1.165, 1.54) is 250 Å². The lowest BCUT2D eigenvalue weighted by atomic mass is 10.0. The summed E-state index contributed by atoms with van der Waals surface area (Å²) in [5.74, 6) is -0.857. The Bertz CT molecular complexity index is 1330. The van der Waals surface area contributed by atoms with Gasteiger partial charge in [-0.3, -0.25) is 14.4 Å². The van der Waals surface area contributed by atoms with E-state index in [0.29, 0.717) is 19.3 Å². The summed E-state index contributed by atoms with van der Waals surface area (Å²) in [7, 11) is 0. The van der Waals surface area contributed by atoms with Gasteiger partial charge in [0.1, 0.15) is 13.2 Å². The van der Waals surface area contributed by atoms with Crippen LogP contribution in [-0.4, -0.2) is 37.2 Å². The second-order valence-electron chi connectivity index (χ2n) is 23.1. The maximum Gasteiger partial charge on any atom is 0.306 e. The molecular formula is C71H130O6. The van der Waals surface area contributed by atoms with E-state index in [2.05, 4.69) is 69.4 Å². The molecule has 6 nitrogen and oxygen atoms in total. The van der Waals surface area contributed by atoms with Crippen LogP contribution in [0.1, 0.15) is 367 Å². The van der Waals surface area contributed by atoms with Gasteiger partial charge in [-0.05, 0) is 83.5 Å². The summed E-state index contributed by atoms with van der Waals surface area (Å²) >= 11 is 0. The molecule has 77 heavy (non-hydrogen) atoms. The van der Waals surface area contributed by atoms with Crippen LogP contribution in [0, 0.1) is 0 Å². The lowest BCUT2D eigenvalue weighted by Crippen LogP contribution is -2.30. The van der Waals surface area contributed by atoms with E-state index < -0.39 is 6.10 Å². The highest BCUT2D eigenvalue weighted by atomic mass is 16.6. The van der Waals surface area contributed by atoms with Crippen molar-refractivity contribution in [2.75, 3.05) is 13.2 Å². The lowest BCUT2D eigenvalue weighted by molar-refractivity contribution is -0.167. The van der Waals surface area contributed by atoms with Crippen LogP contribution in [0.4, 0.5) is 0 Å². The summed E-state index contributed by atoms with van der Waals surface area (Å²) in [4.78, 5) is 38.3. The highest BCUT2D eigenvalue weighted by molar-refractivity contribution is 5.71. The third-order valence-corrected chi connectivity index (χ3v) is 15.3. The second kappa shape index (κ2) is 65.9. The number of rotatable bonds is 63. The molecule has 1 unspecified atom stereocenters. The molecule has 0 fully saturated rings. The first kappa shape index (κ1) is 74.4. The lowest BCUT2D eigenvalue weighted by Gasteiger charge is -2.18. The Morgan fingerprint density at radius 3 is 0.740 bits per heavy atom. The van der Waals surface area contributed by atoms with Crippen LogP contribution in [0.25, 0.3) is 0 Å². The molecule has 0 bridgehead atoms. The fourth-order valence-corrected chi connectivity index (χ4v) is 10.2. The summed E-state index contributed by atoms with van der Waals surface area (Å²) in [6.45, 7) is 6.67. The number of hydrogen-bond donors (Lipinski definition) is 0. The third-order valence-electron chi connectivity index (χ3n) is 15.3. The zero-order valence-corrected chi connectivity index (χ0v) is 51.7. The number of unbranched alkanes of at least 4 members (excludes halogenated alkanes) is 44. The Morgan fingerprint density at radius 1 is 0.260 bits per heavy atom. The van der Waals surface area contributed by atoms with E-state index >= 15 is 0 Å². The van der Waals surface area contributed by atoms with Crippen molar-refractivity contribution in [2.45, 2.75) is 374 Å². The van der Waals surface area contributed by atoms with Crippen molar-refractivity contribution in [3.05, 3.63) is 48.6 Å². The smallest absolute Gasteiger partial charge is 0.306 e. The molecule has 0 aromatic heterocycles. The molecule has 0 saturated heterocycles. The fourth-order valence-electron chi connectivity index (χ4n) is 10.2. The van der Waals surface area contributed by atoms with Crippen LogP contribution >= 0.6 is 0 Å². The van der Waals surface area contributed by atoms with Gasteiger partial charge < -0.3 is 14.2 Å². The predicted molar refractivity (Wildman–Crippen MR) is 335 cm³/mol. The molecule has 0 aromatic carbocycles. The normalized spacial score (nSPS) is 12.3. The molecule has 0 aliphatic carbocycles. The van der Waals surface area contributed by atoms with Crippen molar-refractivity contribution in [2.24, 2.45) is 0 Å². The van der Waals surface area contributed by atoms with Gasteiger partial charge >= 0.3 is 17.9 Å². The molecule has 6 heteroatoms. The maximum atomic E-state index is 12.9. The van der Waals surface area contributed by atoms with E-state index in [0.717, 1.165) is 77.0 Å². The van der Waals surface area contributed by atoms with E-state index in [1.54, 1.807) is 0 Å². The SMILES string of the molecule is CCCCCCC/C=C\C/C=C\C/C=C\CCCCCCCCCCCCCCCCC(=O)OCC(COC(=O)CCCCCCCCCCCCCCCCC)OC(=O)CCCCCCC/C=C\CCCCCCCC. The van der Waals surface area contributed by atoms with Crippen molar-refractivity contribution < 1.29 is 28.6 Å². The second-order valence-corrected chi connectivity index (χ2v) is 23.1. The van der Waals surface area contributed by atoms with Crippen LogP contribution in [0.2, 0.25) is 0 Å². The Balaban J connectivity index is 4.21. The van der Waals surface area contributed by atoms with Crippen LogP contribution < -0.4 is 0 Å².